The lowest BCUT2D eigenvalue weighted by molar-refractivity contribution is -0.362. The van der Waals surface area contributed by atoms with E-state index in [1.165, 1.54) is 122 Å². The molecule has 2 aliphatic rings. The van der Waals surface area contributed by atoms with Crippen molar-refractivity contribution in [1.29, 1.82) is 0 Å². The average Bonchev–Trinajstić information content (AvgIpc) is 3.32. The number of esters is 1. The predicted molar refractivity (Wildman–Crippen MR) is 255 cm³/mol. The van der Waals surface area contributed by atoms with E-state index in [0.717, 1.165) is 44.1 Å². The lowest BCUT2D eigenvalue weighted by Crippen LogP contribution is -2.62. The molecule has 2 aromatic rings. The second kappa shape index (κ2) is 33.4. The van der Waals surface area contributed by atoms with E-state index in [4.69, 9.17) is 23.7 Å². The molecule has 360 valence electrons. The Balaban J connectivity index is 1.34. The topological polar surface area (TPSA) is 133 Å². The quantitative estimate of drug-likeness (QED) is 0.0351. The van der Waals surface area contributed by atoms with Crippen LogP contribution in [0.5, 0.6) is 0 Å². The Labute approximate surface area is 386 Å². The molecule has 1 unspecified atom stereocenters. The van der Waals surface area contributed by atoms with Gasteiger partial charge in [0.05, 0.1) is 24.8 Å². The largest absolute Gasteiger partial charge is 0.452 e. The monoisotopic (exact) mass is 892 g/mol. The van der Waals surface area contributed by atoms with E-state index in [0.29, 0.717) is 12.0 Å². The second-order valence-electron chi connectivity index (χ2n) is 18.2. The second-order valence-corrected chi connectivity index (χ2v) is 18.2. The molecule has 0 saturated carbocycles. The van der Waals surface area contributed by atoms with Crippen molar-refractivity contribution in [3.05, 3.63) is 83.9 Å². The number of fused-ring (bicyclic) bond motifs is 1. The number of allylic oxidation sites excluding steroid dienone is 1. The van der Waals surface area contributed by atoms with Crippen molar-refractivity contribution in [2.75, 3.05) is 13.2 Å². The van der Waals surface area contributed by atoms with Crippen LogP contribution < -0.4 is 5.32 Å². The first kappa shape index (κ1) is 53.5. The molecule has 64 heavy (non-hydrogen) atoms. The molecule has 0 aromatic heterocycles. The molecule has 2 saturated heterocycles. The van der Waals surface area contributed by atoms with Crippen LogP contribution in [0.15, 0.2) is 72.8 Å². The third-order valence-electron chi connectivity index (χ3n) is 12.6. The molecule has 2 aliphatic heterocycles. The molecule has 0 aliphatic carbocycles. The fourth-order valence-corrected chi connectivity index (χ4v) is 8.67. The maximum Gasteiger partial charge on any atom is 0.338 e. The van der Waals surface area contributed by atoms with Gasteiger partial charge in [-0.15, -0.1) is 0 Å². The summed E-state index contributed by atoms with van der Waals surface area (Å²) < 4.78 is 30.6. The van der Waals surface area contributed by atoms with Crippen LogP contribution in [0, 0.1) is 0 Å². The minimum Gasteiger partial charge on any atom is -0.452 e. The maximum absolute atomic E-state index is 13.6. The van der Waals surface area contributed by atoms with E-state index in [2.05, 4.69) is 19.2 Å². The first-order chi connectivity index (χ1) is 31.4. The van der Waals surface area contributed by atoms with Crippen LogP contribution in [0.2, 0.25) is 0 Å². The molecule has 8 atom stereocenters. The van der Waals surface area contributed by atoms with Gasteiger partial charge in [-0.05, 0) is 37.5 Å². The first-order valence-corrected chi connectivity index (χ1v) is 25.6. The van der Waals surface area contributed by atoms with Gasteiger partial charge in [-0.3, -0.25) is 4.79 Å². The van der Waals surface area contributed by atoms with E-state index >= 15 is 0 Å². The third kappa shape index (κ3) is 21.0. The Bertz CT molecular complexity index is 1510. The summed E-state index contributed by atoms with van der Waals surface area (Å²) in [5.41, 5.74) is 1.20. The van der Waals surface area contributed by atoms with E-state index < -0.39 is 55.1 Å². The number of aliphatic hydroxyl groups excluding tert-OH is 2. The number of benzene rings is 2. The number of unbranched alkanes of at least 4 members (excludes halogenated alkanes) is 23. The lowest BCUT2D eigenvalue weighted by atomic mass is 9.98. The van der Waals surface area contributed by atoms with Gasteiger partial charge in [0, 0.05) is 12.0 Å². The van der Waals surface area contributed by atoms with Gasteiger partial charge in [-0.1, -0.05) is 210 Å². The normalized spacial score (nSPS) is 21.9. The molecule has 0 radical (unpaired) electrons. The van der Waals surface area contributed by atoms with Crippen molar-refractivity contribution in [3.63, 3.8) is 0 Å². The zero-order valence-corrected chi connectivity index (χ0v) is 39.6. The standard InChI is InChI=1S/C54H85NO9/c1-3-5-7-9-11-13-15-17-19-21-23-25-33-39-46(62-52(59)43-35-29-27-30-36-43)45(55-48(56)40-34-26-24-22-20-18-16-14-12-10-8-6-4-2)41-60-54-50(58)49(57)51-47(63-54)42-61-53(64-51)44-37-31-28-32-38-44/h27-33,35-39,45-47,49-51,53-54,57-58H,3-26,34,40-42H2,1-2H3,(H,55,56)/t45-,46+,47+,49+,50+,51-,53?,54+/m0/s1. The van der Waals surface area contributed by atoms with Gasteiger partial charge >= 0.3 is 5.97 Å². The van der Waals surface area contributed by atoms with E-state index in [-0.39, 0.29) is 19.1 Å². The van der Waals surface area contributed by atoms with Crippen LogP contribution in [-0.4, -0.2) is 78.2 Å². The summed E-state index contributed by atoms with van der Waals surface area (Å²) in [4.78, 5) is 27.2. The molecule has 1 amide bonds. The summed E-state index contributed by atoms with van der Waals surface area (Å²) in [6.07, 6.45) is 27.5. The highest BCUT2D eigenvalue weighted by Gasteiger charge is 2.49. The van der Waals surface area contributed by atoms with Gasteiger partial charge in [-0.25, -0.2) is 4.79 Å². The van der Waals surface area contributed by atoms with Crippen LogP contribution in [0.4, 0.5) is 0 Å². The van der Waals surface area contributed by atoms with E-state index in [1.807, 2.05) is 48.6 Å². The summed E-state index contributed by atoms with van der Waals surface area (Å²) in [6.45, 7) is 4.47. The fourth-order valence-electron chi connectivity index (χ4n) is 8.67. The summed E-state index contributed by atoms with van der Waals surface area (Å²) >= 11 is 0. The lowest BCUT2D eigenvalue weighted by Gasteiger charge is -2.46. The average molecular weight is 892 g/mol. The van der Waals surface area contributed by atoms with Gasteiger partial charge < -0.3 is 39.2 Å². The number of nitrogens with one attached hydrogen (secondary N) is 1. The molecular formula is C54H85NO9. The van der Waals surface area contributed by atoms with Gasteiger partial charge in [0.15, 0.2) is 12.6 Å². The fraction of sp³-hybridized carbons (Fsp3) is 0.704. The number of rotatable bonds is 35. The molecular weight excluding hydrogens is 807 g/mol. The van der Waals surface area contributed by atoms with E-state index in [9.17, 15) is 19.8 Å². The number of aliphatic hydroxyl groups is 2. The van der Waals surface area contributed by atoms with Gasteiger partial charge in [-0.2, -0.15) is 0 Å². The van der Waals surface area contributed by atoms with Crippen molar-refractivity contribution in [2.45, 2.75) is 230 Å². The highest BCUT2D eigenvalue weighted by Crippen LogP contribution is 2.34. The van der Waals surface area contributed by atoms with Crippen molar-refractivity contribution < 1.29 is 43.5 Å². The maximum atomic E-state index is 13.6. The molecule has 2 aromatic carbocycles. The Morgan fingerprint density at radius 1 is 0.672 bits per heavy atom. The Morgan fingerprint density at radius 2 is 1.19 bits per heavy atom. The summed E-state index contributed by atoms with van der Waals surface area (Å²) in [6, 6.07) is 17.4. The molecule has 4 rings (SSSR count). The number of carbonyl (C=O) groups excluding carboxylic acids is 2. The number of hydrogen-bond acceptors (Lipinski definition) is 9. The molecule has 2 fully saturated rings. The SMILES string of the molecule is CCCCCCCCCCCCCC=C[C@@H](OC(=O)c1ccccc1)[C@H](CO[C@@H]1O[C@@H]2COC(c3ccccc3)O[C@@H]2[C@H](O)[C@H]1O)NC(=O)CCCCCCCCCCCCCCC. The zero-order chi connectivity index (χ0) is 45.5. The molecule has 3 N–H and O–H groups in total. The summed E-state index contributed by atoms with van der Waals surface area (Å²) in [7, 11) is 0. The number of hydrogen-bond donors (Lipinski definition) is 3. The minimum atomic E-state index is -1.44. The number of amides is 1. The van der Waals surface area contributed by atoms with Crippen LogP contribution in [0.1, 0.15) is 203 Å². The van der Waals surface area contributed by atoms with Crippen LogP contribution >= 0.6 is 0 Å². The van der Waals surface area contributed by atoms with Crippen molar-refractivity contribution >= 4 is 11.9 Å². The molecule has 2 heterocycles. The first-order valence-electron chi connectivity index (χ1n) is 25.6. The van der Waals surface area contributed by atoms with Crippen molar-refractivity contribution in [3.8, 4) is 0 Å². The smallest absolute Gasteiger partial charge is 0.338 e. The number of ether oxygens (including phenoxy) is 5. The molecule has 0 bridgehead atoms. The predicted octanol–water partition coefficient (Wildman–Crippen LogP) is 12.0. The van der Waals surface area contributed by atoms with Gasteiger partial charge in [0.25, 0.3) is 0 Å². The summed E-state index contributed by atoms with van der Waals surface area (Å²) in [5.74, 6) is -0.681. The van der Waals surface area contributed by atoms with Gasteiger partial charge in [0.1, 0.15) is 30.5 Å². The summed E-state index contributed by atoms with van der Waals surface area (Å²) in [5, 5.41) is 25.7. The Morgan fingerprint density at radius 3 is 1.75 bits per heavy atom. The Kier molecular flexibility index (Phi) is 27.9. The van der Waals surface area contributed by atoms with E-state index in [1.54, 1.807) is 24.3 Å². The molecule has 10 heteroatoms. The van der Waals surface area contributed by atoms with Crippen LogP contribution in [-0.2, 0) is 28.5 Å². The zero-order valence-electron chi connectivity index (χ0n) is 39.6. The highest BCUT2D eigenvalue weighted by molar-refractivity contribution is 5.89. The van der Waals surface area contributed by atoms with Crippen LogP contribution in [0.3, 0.4) is 0 Å². The molecule has 0 spiro atoms. The minimum absolute atomic E-state index is 0.117. The number of carbonyl (C=O) groups is 2. The van der Waals surface area contributed by atoms with Crippen molar-refractivity contribution in [1.82, 2.24) is 5.32 Å². The van der Waals surface area contributed by atoms with Crippen LogP contribution in [0.25, 0.3) is 0 Å². The molecule has 10 nitrogen and oxygen atoms in total. The highest BCUT2D eigenvalue weighted by atomic mass is 16.8. The Hall–Kier alpha value is -3.12. The van der Waals surface area contributed by atoms with Gasteiger partial charge in [0.2, 0.25) is 5.91 Å². The van der Waals surface area contributed by atoms with Crippen molar-refractivity contribution in [2.24, 2.45) is 0 Å². The third-order valence-corrected chi connectivity index (χ3v) is 12.6.